The molecule has 18 heavy (non-hydrogen) atoms. The molecule has 0 spiro atoms. The van der Waals surface area contributed by atoms with E-state index in [4.69, 9.17) is 5.73 Å². The zero-order valence-electron chi connectivity index (χ0n) is 10.1. The van der Waals surface area contributed by atoms with Crippen LogP contribution in [0.5, 0.6) is 0 Å². The Morgan fingerprint density at radius 1 is 1.44 bits per heavy atom. The van der Waals surface area contributed by atoms with E-state index in [0.29, 0.717) is 6.54 Å². The molecule has 0 aliphatic rings. The van der Waals surface area contributed by atoms with Crippen molar-refractivity contribution >= 4 is 5.91 Å². The SMILES string of the molecule is CC(N)C(=O)NCc1ccc(-n2cncn2)cc1. The summed E-state index contributed by atoms with van der Waals surface area (Å²) in [6.07, 6.45) is 3.11. The molecule has 1 aromatic heterocycles. The van der Waals surface area contributed by atoms with Gasteiger partial charge in [0.1, 0.15) is 12.7 Å². The second kappa shape index (κ2) is 5.42. The van der Waals surface area contributed by atoms with E-state index < -0.39 is 6.04 Å². The molecule has 0 radical (unpaired) electrons. The van der Waals surface area contributed by atoms with Gasteiger partial charge in [-0.05, 0) is 24.6 Å². The maximum atomic E-state index is 11.3. The number of carbonyl (C=O) groups is 1. The molecular weight excluding hydrogens is 230 g/mol. The van der Waals surface area contributed by atoms with Crippen LogP contribution in [0.15, 0.2) is 36.9 Å². The Bertz CT molecular complexity index is 504. The van der Waals surface area contributed by atoms with E-state index in [1.807, 2.05) is 24.3 Å². The van der Waals surface area contributed by atoms with Crippen LogP contribution in [0, 0.1) is 0 Å². The van der Waals surface area contributed by atoms with Crippen LogP contribution in [-0.4, -0.2) is 26.7 Å². The molecule has 6 heteroatoms. The van der Waals surface area contributed by atoms with Crippen molar-refractivity contribution in [2.75, 3.05) is 0 Å². The summed E-state index contributed by atoms with van der Waals surface area (Å²) in [4.78, 5) is 15.2. The van der Waals surface area contributed by atoms with Crippen molar-refractivity contribution in [3.8, 4) is 5.69 Å². The fraction of sp³-hybridized carbons (Fsp3) is 0.250. The van der Waals surface area contributed by atoms with Crippen molar-refractivity contribution in [1.82, 2.24) is 20.1 Å². The Kier molecular flexibility index (Phi) is 3.69. The third kappa shape index (κ3) is 2.92. The van der Waals surface area contributed by atoms with Gasteiger partial charge in [-0.2, -0.15) is 5.10 Å². The monoisotopic (exact) mass is 245 g/mol. The largest absolute Gasteiger partial charge is 0.351 e. The van der Waals surface area contributed by atoms with Gasteiger partial charge in [0.15, 0.2) is 0 Å². The summed E-state index contributed by atoms with van der Waals surface area (Å²) in [6.45, 7) is 2.13. The summed E-state index contributed by atoms with van der Waals surface area (Å²) in [5, 5.41) is 6.79. The Morgan fingerprint density at radius 3 is 2.72 bits per heavy atom. The topological polar surface area (TPSA) is 85.8 Å². The number of hydrogen-bond acceptors (Lipinski definition) is 4. The minimum Gasteiger partial charge on any atom is -0.351 e. The van der Waals surface area contributed by atoms with Gasteiger partial charge in [-0.3, -0.25) is 4.79 Å². The highest BCUT2D eigenvalue weighted by Gasteiger charge is 2.06. The lowest BCUT2D eigenvalue weighted by atomic mass is 10.2. The highest BCUT2D eigenvalue weighted by Crippen LogP contribution is 2.07. The number of carbonyl (C=O) groups excluding carboxylic acids is 1. The first kappa shape index (κ1) is 12.3. The molecule has 6 nitrogen and oxygen atoms in total. The van der Waals surface area contributed by atoms with Gasteiger partial charge >= 0.3 is 0 Å². The third-order valence-electron chi connectivity index (χ3n) is 2.50. The molecule has 0 aliphatic carbocycles. The van der Waals surface area contributed by atoms with E-state index in [9.17, 15) is 4.79 Å². The van der Waals surface area contributed by atoms with Crippen LogP contribution >= 0.6 is 0 Å². The Morgan fingerprint density at radius 2 is 2.17 bits per heavy atom. The van der Waals surface area contributed by atoms with Crippen LogP contribution < -0.4 is 11.1 Å². The van der Waals surface area contributed by atoms with Gasteiger partial charge in [0.2, 0.25) is 5.91 Å². The Hall–Kier alpha value is -2.21. The van der Waals surface area contributed by atoms with Gasteiger partial charge in [0, 0.05) is 6.54 Å². The standard InChI is InChI=1S/C12H15N5O/c1-9(13)12(18)15-6-10-2-4-11(5-3-10)17-8-14-7-16-17/h2-5,7-9H,6,13H2,1H3,(H,15,18). The maximum Gasteiger partial charge on any atom is 0.236 e. The van der Waals surface area contributed by atoms with Crippen molar-refractivity contribution in [1.29, 1.82) is 0 Å². The number of aromatic nitrogens is 3. The summed E-state index contributed by atoms with van der Waals surface area (Å²) in [7, 11) is 0. The van der Waals surface area contributed by atoms with Crippen LogP contribution in [0.25, 0.3) is 5.69 Å². The lowest BCUT2D eigenvalue weighted by Gasteiger charge is -2.08. The Balaban J connectivity index is 1.98. The third-order valence-corrected chi connectivity index (χ3v) is 2.50. The number of amides is 1. The molecule has 2 rings (SSSR count). The lowest BCUT2D eigenvalue weighted by molar-refractivity contribution is -0.122. The van der Waals surface area contributed by atoms with E-state index in [1.165, 1.54) is 6.33 Å². The first-order valence-corrected chi connectivity index (χ1v) is 5.64. The van der Waals surface area contributed by atoms with E-state index in [0.717, 1.165) is 11.3 Å². The van der Waals surface area contributed by atoms with Gasteiger partial charge in [-0.25, -0.2) is 9.67 Å². The molecule has 3 N–H and O–H groups in total. The number of hydrogen-bond donors (Lipinski definition) is 2. The fourth-order valence-corrected chi connectivity index (χ4v) is 1.46. The second-order valence-corrected chi connectivity index (χ2v) is 4.01. The van der Waals surface area contributed by atoms with Gasteiger partial charge < -0.3 is 11.1 Å². The molecule has 2 aromatic rings. The van der Waals surface area contributed by atoms with Crippen LogP contribution in [0.3, 0.4) is 0 Å². The first-order chi connectivity index (χ1) is 8.66. The fourth-order valence-electron chi connectivity index (χ4n) is 1.46. The predicted octanol–water partition coefficient (Wildman–Crippen LogP) is 0.231. The van der Waals surface area contributed by atoms with Gasteiger partial charge in [-0.15, -0.1) is 0 Å². The summed E-state index contributed by atoms with van der Waals surface area (Å²) < 4.78 is 1.67. The van der Waals surface area contributed by atoms with Crippen molar-refractivity contribution in [3.05, 3.63) is 42.5 Å². The Labute approximate surface area is 105 Å². The average molecular weight is 245 g/mol. The molecule has 1 aromatic carbocycles. The smallest absolute Gasteiger partial charge is 0.236 e. The minimum atomic E-state index is -0.487. The zero-order chi connectivity index (χ0) is 13.0. The van der Waals surface area contributed by atoms with Gasteiger partial charge in [-0.1, -0.05) is 12.1 Å². The molecule has 1 heterocycles. The normalized spacial score (nSPS) is 12.1. The summed E-state index contributed by atoms with van der Waals surface area (Å²) in [5.74, 6) is -0.157. The molecule has 0 fully saturated rings. The van der Waals surface area contributed by atoms with E-state index in [2.05, 4.69) is 15.4 Å². The van der Waals surface area contributed by atoms with Crippen LogP contribution in [0.4, 0.5) is 0 Å². The second-order valence-electron chi connectivity index (χ2n) is 4.01. The average Bonchev–Trinajstić information content (AvgIpc) is 2.90. The highest BCUT2D eigenvalue weighted by molar-refractivity contribution is 5.80. The minimum absolute atomic E-state index is 0.157. The summed E-state index contributed by atoms with van der Waals surface area (Å²) in [6, 6.07) is 7.21. The van der Waals surface area contributed by atoms with Crippen molar-refractivity contribution < 1.29 is 4.79 Å². The zero-order valence-corrected chi connectivity index (χ0v) is 10.1. The van der Waals surface area contributed by atoms with Crippen molar-refractivity contribution in [2.45, 2.75) is 19.5 Å². The number of benzene rings is 1. The number of rotatable bonds is 4. The van der Waals surface area contributed by atoms with Gasteiger partial charge in [0.05, 0.1) is 11.7 Å². The van der Waals surface area contributed by atoms with Crippen LogP contribution in [-0.2, 0) is 11.3 Å². The van der Waals surface area contributed by atoms with Crippen LogP contribution in [0.1, 0.15) is 12.5 Å². The summed E-state index contributed by atoms with van der Waals surface area (Å²) >= 11 is 0. The first-order valence-electron chi connectivity index (χ1n) is 5.64. The maximum absolute atomic E-state index is 11.3. The van der Waals surface area contributed by atoms with Crippen molar-refractivity contribution in [3.63, 3.8) is 0 Å². The lowest BCUT2D eigenvalue weighted by Crippen LogP contribution is -2.37. The van der Waals surface area contributed by atoms with Gasteiger partial charge in [0.25, 0.3) is 0 Å². The molecule has 1 unspecified atom stereocenters. The molecule has 1 amide bonds. The highest BCUT2D eigenvalue weighted by atomic mass is 16.2. The predicted molar refractivity (Wildman–Crippen MR) is 66.9 cm³/mol. The summed E-state index contributed by atoms with van der Waals surface area (Å²) in [5.41, 5.74) is 7.39. The van der Waals surface area contributed by atoms with Crippen molar-refractivity contribution in [2.24, 2.45) is 5.73 Å². The number of nitrogens with two attached hydrogens (primary N) is 1. The van der Waals surface area contributed by atoms with E-state index in [1.54, 1.807) is 17.9 Å². The number of nitrogens with zero attached hydrogens (tertiary/aromatic N) is 3. The quantitative estimate of drug-likeness (QED) is 0.807. The molecule has 1 atom stereocenters. The molecule has 94 valence electrons. The molecule has 0 aliphatic heterocycles. The number of nitrogens with one attached hydrogen (secondary N) is 1. The van der Waals surface area contributed by atoms with E-state index in [-0.39, 0.29) is 5.91 Å². The molecule has 0 saturated carbocycles. The van der Waals surface area contributed by atoms with E-state index >= 15 is 0 Å². The molecule has 0 saturated heterocycles. The van der Waals surface area contributed by atoms with Crippen LogP contribution in [0.2, 0.25) is 0 Å². The molecule has 0 bridgehead atoms. The molecular formula is C12H15N5O.